The van der Waals surface area contributed by atoms with Gasteiger partial charge in [0.15, 0.2) is 0 Å². The first-order valence-corrected chi connectivity index (χ1v) is 7.58. The Kier molecular flexibility index (Phi) is 5.81. The van der Waals surface area contributed by atoms with E-state index >= 15 is 0 Å². The van der Waals surface area contributed by atoms with Crippen LogP contribution in [0.1, 0.15) is 55.5 Å². The van der Waals surface area contributed by atoms with Gasteiger partial charge in [-0.2, -0.15) is 5.10 Å². The van der Waals surface area contributed by atoms with Gasteiger partial charge in [-0.1, -0.05) is 56.5 Å². The minimum atomic E-state index is 0.428. The van der Waals surface area contributed by atoms with Gasteiger partial charge in [-0.25, -0.2) is 0 Å². The molecule has 0 bridgehead atoms. The highest BCUT2D eigenvalue weighted by atomic mass is 15.1. The second kappa shape index (κ2) is 7.85. The lowest BCUT2D eigenvalue weighted by Gasteiger charge is -2.19. The van der Waals surface area contributed by atoms with Crippen molar-refractivity contribution in [2.24, 2.45) is 0 Å². The van der Waals surface area contributed by atoms with E-state index < -0.39 is 0 Å². The van der Waals surface area contributed by atoms with Crippen molar-refractivity contribution in [1.29, 1.82) is 0 Å². The molecule has 1 aromatic carbocycles. The molecule has 2 aromatic rings. The van der Waals surface area contributed by atoms with Crippen LogP contribution >= 0.6 is 0 Å². The van der Waals surface area contributed by atoms with Crippen LogP contribution < -0.4 is 5.32 Å². The van der Waals surface area contributed by atoms with Gasteiger partial charge in [0.1, 0.15) is 0 Å². The third kappa shape index (κ3) is 4.20. The summed E-state index contributed by atoms with van der Waals surface area (Å²) in [5.41, 5.74) is 3.78. The van der Waals surface area contributed by atoms with E-state index in [0.717, 1.165) is 12.2 Å². The number of nitrogens with one attached hydrogen (secondary N) is 2. The fraction of sp³-hybridized carbons (Fsp3) is 0.471. The SMILES string of the molecule is CCCCCC(NCc1cn[nH]c1C)c1ccccc1. The number of benzene rings is 1. The largest absolute Gasteiger partial charge is 0.306 e. The molecule has 20 heavy (non-hydrogen) atoms. The van der Waals surface area contributed by atoms with Gasteiger partial charge < -0.3 is 5.32 Å². The van der Waals surface area contributed by atoms with Crippen molar-refractivity contribution in [2.45, 2.75) is 52.1 Å². The molecule has 2 N–H and O–H groups in total. The smallest absolute Gasteiger partial charge is 0.0535 e. The zero-order chi connectivity index (χ0) is 14.2. The van der Waals surface area contributed by atoms with Gasteiger partial charge in [0.2, 0.25) is 0 Å². The zero-order valence-corrected chi connectivity index (χ0v) is 12.5. The summed E-state index contributed by atoms with van der Waals surface area (Å²) in [6.07, 6.45) is 6.94. The lowest BCUT2D eigenvalue weighted by atomic mass is 10.00. The summed E-state index contributed by atoms with van der Waals surface area (Å²) in [6, 6.07) is 11.2. The van der Waals surface area contributed by atoms with Gasteiger partial charge in [-0.05, 0) is 18.9 Å². The van der Waals surface area contributed by atoms with E-state index in [1.54, 1.807) is 0 Å². The Balaban J connectivity index is 1.97. The van der Waals surface area contributed by atoms with Crippen molar-refractivity contribution in [3.8, 4) is 0 Å². The number of nitrogens with zero attached hydrogens (tertiary/aromatic N) is 1. The third-order valence-electron chi connectivity index (χ3n) is 3.77. The van der Waals surface area contributed by atoms with E-state index in [0.29, 0.717) is 6.04 Å². The minimum Gasteiger partial charge on any atom is -0.306 e. The molecule has 2 rings (SSSR count). The highest BCUT2D eigenvalue weighted by Gasteiger charge is 2.11. The normalized spacial score (nSPS) is 12.5. The van der Waals surface area contributed by atoms with Gasteiger partial charge >= 0.3 is 0 Å². The van der Waals surface area contributed by atoms with Gasteiger partial charge in [0, 0.05) is 23.8 Å². The predicted octanol–water partition coefficient (Wildman–Crippen LogP) is 4.13. The average Bonchev–Trinajstić information content (AvgIpc) is 2.89. The summed E-state index contributed by atoms with van der Waals surface area (Å²) < 4.78 is 0. The Morgan fingerprint density at radius 3 is 2.65 bits per heavy atom. The fourth-order valence-corrected chi connectivity index (χ4v) is 2.46. The van der Waals surface area contributed by atoms with Crippen LogP contribution in [-0.4, -0.2) is 10.2 Å². The maximum Gasteiger partial charge on any atom is 0.0535 e. The Labute approximate surface area is 121 Å². The summed E-state index contributed by atoms with van der Waals surface area (Å²) in [6.45, 7) is 5.19. The van der Waals surface area contributed by atoms with E-state index in [1.807, 2.05) is 6.20 Å². The van der Waals surface area contributed by atoms with Crippen molar-refractivity contribution in [3.05, 3.63) is 53.3 Å². The van der Waals surface area contributed by atoms with Gasteiger partial charge in [-0.3, -0.25) is 5.10 Å². The summed E-state index contributed by atoms with van der Waals surface area (Å²) in [7, 11) is 0. The fourth-order valence-electron chi connectivity index (χ4n) is 2.46. The van der Waals surface area contributed by atoms with E-state index in [9.17, 15) is 0 Å². The van der Waals surface area contributed by atoms with Crippen LogP contribution in [0.5, 0.6) is 0 Å². The summed E-state index contributed by atoms with van der Waals surface area (Å²) in [5, 5.41) is 10.8. The molecule has 0 aliphatic heterocycles. The lowest BCUT2D eigenvalue weighted by Crippen LogP contribution is -2.21. The van der Waals surface area contributed by atoms with E-state index in [1.165, 1.54) is 36.8 Å². The maximum atomic E-state index is 4.08. The maximum absolute atomic E-state index is 4.08. The number of aromatic nitrogens is 2. The second-order valence-electron chi connectivity index (χ2n) is 5.36. The number of unbranched alkanes of at least 4 members (excludes halogenated alkanes) is 2. The van der Waals surface area contributed by atoms with E-state index in [-0.39, 0.29) is 0 Å². The zero-order valence-electron chi connectivity index (χ0n) is 12.5. The van der Waals surface area contributed by atoms with E-state index in [4.69, 9.17) is 0 Å². The minimum absolute atomic E-state index is 0.428. The first-order valence-electron chi connectivity index (χ1n) is 7.58. The Morgan fingerprint density at radius 1 is 1.20 bits per heavy atom. The molecular formula is C17H25N3. The number of hydrogen-bond donors (Lipinski definition) is 2. The molecule has 1 unspecified atom stereocenters. The molecule has 0 fully saturated rings. The van der Waals surface area contributed by atoms with Crippen LogP contribution in [0.3, 0.4) is 0 Å². The van der Waals surface area contributed by atoms with Crippen LogP contribution in [0.15, 0.2) is 36.5 Å². The molecule has 3 nitrogen and oxygen atoms in total. The van der Waals surface area contributed by atoms with Crippen molar-refractivity contribution >= 4 is 0 Å². The molecule has 108 valence electrons. The van der Waals surface area contributed by atoms with Crippen LogP contribution in [0.25, 0.3) is 0 Å². The quantitative estimate of drug-likeness (QED) is 0.709. The first kappa shape index (κ1) is 14.8. The molecule has 0 radical (unpaired) electrons. The van der Waals surface area contributed by atoms with Crippen LogP contribution in [0.4, 0.5) is 0 Å². The number of rotatable bonds is 8. The summed E-state index contributed by atoms with van der Waals surface area (Å²) >= 11 is 0. The van der Waals surface area contributed by atoms with Crippen LogP contribution in [0, 0.1) is 6.92 Å². The van der Waals surface area contributed by atoms with E-state index in [2.05, 4.69) is 59.7 Å². The number of aryl methyl sites for hydroxylation is 1. The second-order valence-corrected chi connectivity index (χ2v) is 5.36. The highest BCUT2D eigenvalue weighted by Crippen LogP contribution is 2.20. The highest BCUT2D eigenvalue weighted by molar-refractivity contribution is 5.20. The molecule has 1 aromatic heterocycles. The Morgan fingerprint density at radius 2 is 2.00 bits per heavy atom. The average molecular weight is 271 g/mol. The van der Waals surface area contributed by atoms with Gasteiger partial charge in [-0.15, -0.1) is 0 Å². The standard InChI is InChI=1S/C17H25N3/c1-3-4-6-11-17(15-9-7-5-8-10-15)18-12-16-13-19-20-14(16)2/h5,7-10,13,17-18H,3-4,6,11-12H2,1-2H3,(H,19,20). The van der Waals surface area contributed by atoms with Crippen LogP contribution in [0.2, 0.25) is 0 Å². The molecule has 1 heterocycles. The topological polar surface area (TPSA) is 40.7 Å². The monoisotopic (exact) mass is 271 g/mol. The lowest BCUT2D eigenvalue weighted by molar-refractivity contribution is 0.473. The molecule has 0 aliphatic rings. The number of H-pyrrole nitrogens is 1. The number of hydrogen-bond acceptors (Lipinski definition) is 2. The van der Waals surface area contributed by atoms with Crippen molar-refractivity contribution in [3.63, 3.8) is 0 Å². The number of aromatic amines is 1. The molecule has 1 atom stereocenters. The summed E-state index contributed by atoms with van der Waals surface area (Å²) in [5.74, 6) is 0. The van der Waals surface area contributed by atoms with Gasteiger partial charge in [0.05, 0.1) is 6.20 Å². The first-order chi connectivity index (χ1) is 9.81. The molecular weight excluding hydrogens is 246 g/mol. The molecule has 3 heteroatoms. The predicted molar refractivity (Wildman–Crippen MR) is 83.5 cm³/mol. The molecule has 0 aliphatic carbocycles. The summed E-state index contributed by atoms with van der Waals surface area (Å²) in [4.78, 5) is 0. The molecule has 0 saturated carbocycles. The van der Waals surface area contributed by atoms with Gasteiger partial charge in [0.25, 0.3) is 0 Å². The van der Waals surface area contributed by atoms with Crippen LogP contribution in [-0.2, 0) is 6.54 Å². The van der Waals surface area contributed by atoms with Crippen molar-refractivity contribution < 1.29 is 0 Å². The Bertz CT molecular complexity index is 490. The molecule has 0 spiro atoms. The third-order valence-corrected chi connectivity index (χ3v) is 3.77. The molecule has 0 amide bonds. The van der Waals surface area contributed by atoms with Crippen molar-refractivity contribution in [2.75, 3.05) is 0 Å². The molecule has 0 saturated heterocycles. The van der Waals surface area contributed by atoms with Crippen molar-refractivity contribution in [1.82, 2.24) is 15.5 Å². The Hall–Kier alpha value is -1.61.